The normalized spacial score (nSPS) is 16.3. The molecule has 0 aliphatic carbocycles. The molecule has 1 fully saturated rings. The first kappa shape index (κ1) is 24.0. The van der Waals surface area contributed by atoms with E-state index in [9.17, 15) is 13.2 Å². The van der Waals surface area contributed by atoms with E-state index in [-0.39, 0.29) is 28.1 Å². The first-order valence-corrected chi connectivity index (χ1v) is 12.4. The highest BCUT2D eigenvalue weighted by molar-refractivity contribution is 7.89. The standard InChI is InChI=1S/C22H27Cl2N3O3S/c1-26(2)21(17-8-4-5-9-19(17)23)15-25-22(28)18-14-16(10-11-20(18)24)31(29,30)27-12-6-3-7-13-27/h4-5,8-11,14,21H,3,6-7,12-13,15H2,1-2H3,(H,25,28). The molecule has 1 amide bonds. The number of rotatable bonds is 7. The van der Waals surface area contributed by atoms with Crippen molar-refractivity contribution in [3.05, 3.63) is 63.6 Å². The Morgan fingerprint density at radius 3 is 2.39 bits per heavy atom. The Kier molecular flexibility index (Phi) is 7.99. The molecule has 2 aromatic carbocycles. The van der Waals surface area contributed by atoms with Crippen molar-refractivity contribution in [2.75, 3.05) is 33.7 Å². The Labute approximate surface area is 194 Å². The largest absolute Gasteiger partial charge is 0.350 e. The molecule has 0 aromatic heterocycles. The smallest absolute Gasteiger partial charge is 0.252 e. The summed E-state index contributed by atoms with van der Waals surface area (Å²) in [4.78, 5) is 15.0. The van der Waals surface area contributed by atoms with Crippen molar-refractivity contribution in [2.45, 2.75) is 30.2 Å². The zero-order valence-corrected chi connectivity index (χ0v) is 20.0. The molecule has 1 aliphatic rings. The molecule has 6 nitrogen and oxygen atoms in total. The van der Waals surface area contributed by atoms with Gasteiger partial charge in [-0.3, -0.25) is 4.79 Å². The molecule has 1 heterocycles. The summed E-state index contributed by atoms with van der Waals surface area (Å²) in [7, 11) is 0.144. The quantitative estimate of drug-likeness (QED) is 0.640. The number of benzene rings is 2. The van der Waals surface area contributed by atoms with Gasteiger partial charge in [-0.2, -0.15) is 4.31 Å². The number of carbonyl (C=O) groups excluding carboxylic acids is 1. The molecule has 168 valence electrons. The number of nitrogens with zero attached hydrogens (tertiary/aromatic N) is 2. The van der Waals surface area contributed by atoms with Crippen LogP contribution in [0.1, 0.15) is 41.2 Å². The van der Waals surface area contributed by atoms with E-state index in [4.69, 9.17) is 23.2 Å². The van der Waals surface area contributed by atoms with Gasteiger partial charge in [-0.05, 0) is 56.8 Å². The molecule has 3 rings (SSSR count). The van der Waals surface area contributed by atoms with E-state index in [1.807, 2.05) is 37.2 Å². The maximum absolute atomic E-state index is 13.0. The third kappa shape index (κ3) is 5.59. The highest BCUT2D eigenvalue weighted by Gasteiger charge is 2.27. The van der Waals surface area contributed by atoms with E-state index in [0.29, 0.717) is 18.1 Å². The average Bonchev–Trinajstić information content (AvgIpc) is 2.75. The van der Waals surface area contributed by atoms with Gasteiger partial charge in [0.2, 0.25) is 10.0 Å². The third-order valence-corrected chi connectivity index (χ3v) is 8.05. The number of halogens is 2. The lowest BCUT2D eigenvalue weighted by Gasteiger charge is -2.26. The Morgan fingerprint density at radius 1 is 1.06 bits per heavy atom. The number of hydrogen-bond acceptors (Lipinski definition) is 4. The zero-order chi connectivity index (χ0) is 22.6. The van der Waals surface area contributed by atoms with Gasteiger partial charge in [0.05, 0.1) is 21.5 Å². The van der Waals surface area contributed by atoms with Crippen LogP contribution >= 0.6 is 23.2 Å². The lowest BCUT2D eigenvalue weighted by molar-refractivity contribution is 0.0942. The molecule has 0 saturated carbocycles. The molecule has 0 bridgehead atoms. The van der Waals surface area contributed by atoms with Crippen LogP contribution in [0.3, 0.4) is 0 Å². The molecule has 1 unspecified atom stereocenters. The van der Waals surface area contributed by atoms with E-state index >= 15 is 0 Å². The second-order valence-electron chi connectivity index (χ2n) is 7.82. The molecule has 1 aliphatic heterocycles. The number of sulfonamides is 1. The summed E-state index contributed by atoms with van der Waals surface area (Å²) in [6.07, 6.45) is 2.71. The van der Waals surface area contributed by atoms with Crippen molar-refractivity contribution in [3.63, 3.8) is 0 Å². The van der Waals surface area contributed by atoms with Gasteiger partial charge in [0, 0.05) is 24.7 Å². The van der Waals surface area contributed by atoms with Gasteiger partial charge in [-0.15, -0.1) is 0 Å². The van der Waals surface area contributed by atoms with Gasteiger partial charge >= 0.3 is 0 Å². The molecule has 0 radical (unpaired) electrons. The predicted octanol–water partition coefficient (Wildman–Crippen LogP) is 4.20. The third-order valence-electron chi connectivity index (χ3n) is 5.48. The van der Waals surface area contributed by atoms with Crippen LogP contribution in [-0.4, -0.2) is 57.3 Å². The number of nitrogens with one attached hydrogen (secondary N) is 1. The maximum atomic E-state index is 13.0. The number of likely N-dealkylation sites (N-methyl/N-ethyl adjacent to an activating group) is 1. The summed E-state index contributed by atoms with van der Waals surface area (Å²) in [6.45, 7) is 1.28. The molecular formula is C22H27Cl2N3O3S. The fourth-order valence-electron chi connectivity index (χ4n) is 3.69. The number of carbonyl (C=O) groups is 1. The van der Waals surface area contributed by atoms with Crippen LogP contribution in [0.2, 0.25) is 10.0 Å². The van der Waals surface area contributed by atoms with Crippen molar-refractivity contribution >= 4 is 39.1 Å². The van der Waals surface area contributed by atoms with Crippen LogP contribution in [0, 0.1) is 0 Å². The molecule has 1 saturated heterocycles. The van der Waals surface area contributed by atoms with Crippen LogP contribution in [-0.2, 0) is 10.0 Å². The maximum Gasteiger partial charge on any atom is 0.252 e. The molecule has 2 aromatic rings. The second-order valence-corrected chi connectivity index (χ2v) is 10.6. The summed E-state index contributed by atoms with van der Waals surface area (Å²) < 4.78 is 27.4. The average molecular weight is 484 g/mol. The zero-order valence-electron chi connectivity index (χ0n) is 17.6. The SMILES string of the molecule is CN(C)C(CNC(=O)c1cc(S(=O)(=O)N2CCCCC2)ccc1Cl)c1ccccc1Cl. The topological polar surface area (TPSA) is 69.7 Å². The number of piperidine rings is 1. The van der Waals surface area contributed by atoms with E-state index in [2.05, 4.69) is 5.32 Å². The summed E-state index contributed by atoms with van der Waals surface area (Å²) in [5, 5.41) is 3.69. The van der Waals surface area contributed by atoms with Crippen LogP contribution in [0.15, 0.2) is 47.4 Å². The van der Waals surface area contributed by atoms with E-state index in [1.165, 1.54) is 22.5 Å². The monoisotopic (exact) mass is 483 g/mol. The van der Waals surface area contributed by atoms with Crippen molar-refractivity contribution in [3.8, 4) is 0 Å². The Morgan fingerprint density at radius 2 is 1.74 bits per heavy atom. The summed E-state index contributed by atoms with van der Waals surface area (Å²) in [5.74, 6) is -0.431. The van der Waals surface area contributed by atoms with Crippen molar-refractivity contribution in [2.24, 2.45) is 0 Å². The summed E-state index contributed by atoms with van der Waals surface area (Å²) in [5.41, 5.74) is 1.03. The predicted molar refractivity (Wildman–Crippen MR) is 124 cm³/mol. The van der Waals surface area contributed by atoms with Crippen molar-refractivity contribution < 1.29 is 13.2 Å². The van der Waals surface area contributed by atoms with Crippen molar-refractivity contribution in [1.82, 2.24) is 14.5 Å². The van der Waals surface area contributed by atoms with Crippen LogP contribution < -0.4 is 5.32 Å². The number of amides is 1. The van der Waals surface area contributed by atoms with Crippen LogP contribution in [0.25, 0.3) is 0 Å². The van der Waals surface area contributed by atoms with E-state index in [0.717, 1.165) is 24.8 Å². The second kappa shape index (κ2) is 10.3. The molecule has 31 heavy (non-hydrogen) atoms. The lowest BCUT2D eigenvalue weighted by Crippen LogP contribution is -2.36. The highest BCUT2D eigenvalue weighted by Crippen LogP contribution is 2.27. The number of hydrogen-bond donors (Lipinski definition) is 1. The minimum Gasteiger partial charge on any atom is -0.350 e. The van der Waals surface area contributed by atoms with Gasteiger partial charge in [-0.1, -0.05) is 47.8 Å². The van der Waals surface area contributed by atoms with Gasteiger partial charge in [0.15, 0.2) is 0 Å². The minimum absolute atomic E-state index is 0.0826. The fourth-order valence-corrected chi connectivity index (χ4v) is 5.70. The first-order valence-electron chi connectivity index (χ1n) is 10.2. The highest BCUT2D eigenvalue weighted by atomic mass is 35.5. The van der Waals surface area contributed by atoms with E-state index < -0.39 is 15.9 Å². The molecular weight excluding hydrogens is 457 g/mol. The lowest BCUT2D eigenvalue weighted by atomic mass is 10.1. The van der Waals surface area contributed by atoms with Gasteiger partial charge in [-0.25, -0.2) is 8.42 Å². The van der Waals surface area contributed by atoms with Gasteiger partial charge < -0.3 is 10.2 Å². The molecule has 9 heteroatoms. The Bertz CT molecular complexity index is 1040. The summed E-state index contributed by atoms with van der Waals surface area (Å²) in [6, 6.07) is 11.6. The van der Waals surface area contributed by atoms with Crippen molar-refractivity contribution in [1.29, 1.82) is 0 Å². The molecule has 0 spiro atoms. The first-order chi connectivity index (χ1) is 14.7. The Hall–Kier alpha value is -1.64. The van der Waals surface area contributed by atoms with Crippen LogP contribution in [0.5, 0.6) is 0 Å². The Balaban J connectivity index is 1.80. The van der Waals surface area contributed by atoms with Gasteiger partial charge in [0.25, 0.3) is 5.91 Å². The van der Waals surface area contributed by atoms with Gasteiger partial charge in [0.1, 0.15) is 0 Å². The van der Waals surface area contributed by atoms with Crippen LogP contribution in [0.4, 0.5) is 0 Å². The fraction of sp³-hybridized carbons (Fsp3) is 0.409. The molecule has 1 N–H and O–H groups in total. The minimum atomic E-state index is -3.66. The van der Waals surface area contributed by atoms with E-state index in [1.54, 1.807) is 6.07 Å². The summed E-state index contributed by atoms with van der Waals surface area (Å²) >= 11 is 12.6. The molecule has 1 atom stereocenters.